The molecule has 0 aliphatic heterocycles. The quantitative estimate of drug-likeness (QED) is 0.483. The van der Waals surface area contributed by atoms with Gasteiger partial charge in [-0.3, -0.25) is 9.78 Å². The summed E-state index contributed by atoms with van der Waals surface area (Å²) >= 11 is 0. The third-order valence-electron chi connectivity index (χ3n) is 4.48. The summed E-state index contributed by atoms with van der Waals surface area (Å²) in [5.74, 6) is -0.0855. The number of anilines is 2. The minimum Gasteiger partial charge on any atom is -0.489 e. The Labute approximate surface area is 167 Å². The lowest BCUT2D eigenvalue weighted by Gasteiger charge is -2.12. The van der Waals surface area contributed by atoms with Crippen LogP contribution in [0.15, 0.2) is 79.1 Å². The van der Waals surface area contributed by atoms with Crippen molar-refractivity contribution in [2.75, 3.05) is 11.1 Å². The van der Waals surface area contributed by atoms with Crippen LogP contribution >= 0.6 is 0 Å². The molecule has 0 aliphatic carbocycles. The second-order valence-electron chi connectivity index (χ2n) is 6.53. The van der Waals surface area contributed by atoms with Crippen molar-refractivity contribution in [1.82, 2.24) is 4.98 Å². The third-order valence-corrected chi connectivity index (χ3v) is 4.48. The molecule has 0 bridgehead atoms. The van der Waals surface area contributed by atoms with Crippen LogP contribution in [-0.4, -0.2) is 10.9 Å². The van der Waals surface area contributed by atoms with Crippen LogP contribution < -0.4 is 15.8 Å². The number of carbonyl (C=O) groups is 1. The van der Waals surface area contributed by atoms with Crippen molar-refractivity contribution in [1.29, 1.82) is 0 Å². The lowest BCUT2D eigenvalue weighted by molar-refractivity contribution is 0.102. The number of hydrogen-bond donors (Lipinski definition) is 2. The first-order chi connectivity index (χ1) is 14.1. The Balaban J connectivity index is 1.48. The van der Waals surface area contributed by atoms with Crippen LogP contribution in [0, 0.1) is 5.82 Å². The molecule has 1 heterocycles. The van der Waals surface area contributed by atoms with Crippen molar-refractivity contribution in [3.63, 3.8) is 0 Å². The molecule has 0 saturated carbocycles. The Morgan fingerprint density at radius 3 is 2.72 bits per heavy atom. The Hall–Kier alpha value is -3.93. The van der Waals surface area contributed by atoms with Gasteiger partial charge in [0.1, 0.15) is 18.2 Å². The van der Waals surface area contributed by atoms with Gasteiger partial charge in [-0.15, -0.1) is 0 Å². The molecule has 0 spiro atoms. The molecular weight excluding hydrogens is 369 g/mol. The minimum absolute atomic E-state index is 0.213. The standard InChI is InChI=1S/C23H18FN3O2/c24-17-6-3-4-15(10-17)14-29-18-8-9-22(21(25)11-18)27-23(28)20-13-26-12-16-5-1-2-7-19(16)20/h1-13H,14,25H2,(H,27,28). The number of halogens is 1. The molecule has 29 heavy (non-hydrogen) atoms. The zero-order valence-corrected chi connectivity index (χ0v) is 15.4. The Morgan fingerprint density at radius 2 is 1.90 bits per heavy atom. The topological polar surface area (TPSA) is 77.2 Å². The van der Waals surface area contributed by atoms with Crippen molar-refractivity contribution >= 4 is 28.1 Å². The highest BCUT2D eigenvalue weighted by atomic mass is 19.1. The molecule has 0 fully saturated rings. The van der Waals surface area contributed by atoms with Crippen LogP contribution in [0.1, 0.15) is 15.9 Å². The van der Waals surface area contributed by atoms with Crippen LogP contribution in [0.25, 0.3) is 10.8 Å². The highest BCUT2D eigenvalue weighted by Gasteiger charge is 2.12. The van der Waals surface area contributed by atoms with Crippen molar-refractivity contribution in [2.45, 2.75) is 6.61 Å². The van der Waals surface area contributed by atoms with E-state index in [0.29, 0.717) is 28.3 Å². The Bertz CT molecular complexity index is 1190. The normalized spacial score (nSPS) is 10.7. The second kappa shape index (κ2) is 7.98. The van der Waals surface area contributed by atoms with E-state index in [2.05, 4.69) is 10.3 Å². The van der Waals surface area contributed by atoms with E-state index in [1.54, 1.807) is 36.5 Å². The van der Waals surface area contributed by atoms with E-state index in [4.69, 9.17) is 10.5 Å². The Morgan fingerprint density at radius 1 is 1.03 bits per heavy atom. The number of aromatic nitrogens is 1. The molecule has 4 aromatic rings. The van der Waals surface area contributed by atoms with Crippen LogP contribution in [0.4, 0.5) is 15.8 Å². The highest BCUT2D eigenvalue weighted by molar-refractivity contribution is 6.13. The van der Waals surface area contributed by atoms with E-state index >= 15 is 0 Å². The number of nitrogens with zero attached hydrogens (tertiary/aromatic N) is 1. The number of fused-ring (bicyclic) bond motifs is 1. The SMILES string of the molecule is Nc1cc(OCc2cccc(F)c2)ccc1NC(=O)c1cncc2ccccc12. The van der Waals surface area contributed by atoms with Gasteiger partial charge in [0, 0.05) is 23.8 Å². The van der Waals surface area contributed by atoms with Gasteiger partial charge in [0.2, 0.25) is 0 Å². The van der Waals surface area contributed by atoms with Crippen molar-refractivity contribution < 1.29 is 13.9 Å². The van der Waals surface area contributed by atoms with Crippen LogP contribution in [-0.2, 0) is 6.61 Å². The van der Waals surface area contributed by atoms with E-state index in [-0.39, 0.29) is 18.3 Å². The molecule has 0 saturated heterocycles. The lowest BCUT2D eigenvalue weighted by Crippen LogP contribution is -2.14. The highest BCUT2D eigenvalue weighted by Crippen LogP contribution is 2.26. The van der Waals surface area contributed by atoms with Crippen molar-refractivity contribution in [3.05, 3.63) is 96.1 Å². The monoisotopic (exact) mass is 387 g/mol. The molecule has 6 heteroatoms. The number of nitrogens with two attached hydrogens (primary N) is 1. The van der Waals surface area contributed by atoms with Crippen LogP contribution in [0.3, 0.4) is 0 Å². The molecule has 1 amide bonds. The number of hydrogen-bond acceptors (Lipinski definition) is 4. The summed E-state index contributed by atoms with van der Waals surface area (Å²) in [6, 6.07) is 18.7. The molecule has 0 aliphatic rings. The molecule has 1 aromatic heterocycles. The predicted molar refractivity (Wildman–Crippen MR) is 111 cm³/mol. The van der Waals surface area contributed by atoms with E-state index < -0.39 is 0 Å². The third kappa shape index (κ3) is 4.16. The van der Waals surface area contributed by atoms with E-state index in [1.807, 2.05) is 24.3 Å². The van der Waals surface area contributed by atoms with E-state index in [1.165, 1.54) is 18.3 Å². The summed E-state index contributed by atoms with van der Waals surface area (Å²) in [4.78, 5) is 16.9. The number of nitrogen functional groups attached to an aromatic ring is 1. The average Bonchev–Trinajstić information content (AvgIpc) is 2.73. The van der Waals surface area contributed by atoms with Gasteiger partial charge in [-0.25, -0.2) is 4.39 Å². The molecule has 5 nitrogen and oxygen atoms in total. The number of ether oxygens (including phenoxy) is 1. The van der Waals surface area contributed by atoms with Gasteiger partial charge in [-0.05, 0) is 35.2 Å². The molecule has 3 N–H and O–H groups in total. The smallest absolute Gasteiger partial charge is 0.257 e. The van der Waals surface area contributed by atoms with Gasteiger partial charge in [0.25, 0.3) is 5.91 Å². The number of nitrogens with one attached hydrogen (secondary N) is 1. The summed E-state index contributed by atoms with van der Waals surface area (Å²) in [6.07, 6.45) is 3.25. The van der Waals surface area contributed by atoms with Crippen LogP contribution in [0.2, 0.25) is 0 Å². The van der Waals surface area contributed by atoms with E-state index in [9.17, 15) is 9.18 Å². The van der Waals surface area contributed by atoms with Crippen molar-refractivity contribution in [3.8, 4) is 5.75 Å². The zero-order chi connectivity index (χ0) is 20.2. The number of carbonyl (C=O) groups excluding carboxylic acids is 1. The summed E-state index contributed by atoms with van der Waals surface area (Å²) in [7, 11) is 0. The van der Waals surface area contributed by atoms with Gasteiger partial charge < -0.3 is 15.8 Å². The minimum atomic E-state index is -0.313. The van der Waals surface area contributed by atoms with Gasteiger partial charge in [0.15, 0.2) is 0 Å². The number of amides is 1. The van der Waals surface area contributed by atoms with Gasteiger partial charge in [0.05, 0.1) is 16.9 Å². The molecule has 0 unspecified atom stereocenters. The number of benzene rings is 3. The number of pyridine rings is 1. The fraction of sp³-hybridized carbons (Fsp3) is 0.0435. The zero-order valence-electron chi connectivity index (χ0n) is 15.4. The maximum Gasteiger partial charge on any atom is 0.257 e. The maximum absolute atomic E-state index is 13.2. The molecule has 0 radical (unpaired) electrons. The van der Waals surface area contributed by atoms with Gasteiger partial charge >= 0.3 is 0 Å². The lowest BCUT2D eigenvalue weighted by atomic mass is 10.1. The largest absolute Gasteiger partial charge is 0.489 e. The van der Waals surface area contributed by atoms with Gasteiger partial charge in [-0.2, -0.15) is 0 Å². The number of rotatable bonds is 5. The first-order valence-corrected chi connectivity index (χ1v) is 9.01. The second-order valence-corrected chi connectivity index (χ2v) is 6.53. The average molecular weight is 387 g/mol. The van der Waals surface area contributed by atoms with Crippen LogP contribution in [0.5, 0.6) is 5.75 Å². The molecule has 4 rings (SSSR count). The fourth-order valence-electron chi connectivity index (χ4n) is 3.02. The predicted octanol–water partition coefficient (Wildman–Crippen LogP) is 4.79. The first-order valence-electron chi connectivity index (χ1n) is 9.01. The fourth-order valence-corrected chi connectivity index (χ4v) is 3.02. The Kier molecular flexibility index (Phi) is 5.07. The molecular formula is C23H18FN3O2. The summed E-state index contributed by atoms with van der Waals surface area (Å²) < 4.78 is 18.9. The summed E-state index contributed by atoms with van der Waals surface area (Å²) in [5.41, 5.74) is 8.10. The maximum atomic E-state index is 13.2. The summed E-state index contributed by atoms with van der Waals surface area (Å²) in [6.45, 7) is 0.213. The molecule has 3 aromatic carbocycles. The summed E-state index contributed by atoms with van der Waals surface area (Å²) in [5, 5.41) is 4.52. The molecule has 144 valence electrons. The van der Waals surface area contributed by atoms with E-state index in [0.717, 1.165) is 10.8 Å². The van der Waals surface area contributed by atoms with Gasteiger partial charge in [-0.1, -0.05) is 36.4 Å². The van der Waals surface area contributed by atoms with Crippen molar-refractivity contribution in [2.24, 2.45) is 0 Å². The molecule has 0 atom stereocenters. The first kappa shape index (κ1) is 18.4.